The van der Waals surface area contributed by atoms with Crippen LogP contribution in [0.2, 0.25) is 0 Å². The molecule has 2 aromatic rings. The molecule has 2 saturated carbocycles. The first-order valence-electron chi connectivity index (χ1n) is 8.35. The van der Waals surface area contributed by atoms with Gasteiger partial charge in [0.1, 0.15) is 18.0 Å². The Hall–Kier alpha value is -2.15. The lowest BCUT2D eigenvalue weighted by Crippen LogP contribution is -2.54. The zero-order valence-corrected chi connectivity index (χ0v) is 13.8. The number of amides is 1. The molecular weight excluding hydrogens is 310 g/mol. The van der Waals surface area contributed by atoms with Crippen LogP contribution in [0.1, 0.15) is 50.0 Å². The summed E-state index contributed by atoms with van der Waals surface area (Å²) in [6.45, 7) is 3.40. The fourth-order valence-corrected chi connectivity index (χ4v) is 3.44. The van der Waals surface area contributed by atoms with Gasteiger partial charge in [0.25, 0.3) is 5.56 Å². The molecule has 2 aliphatic carbocycles. The average Bonchev–Trinajstić information content (AvgIpc) is 3.21. The summed E-state index contributed by atoms with van der Waals surface area (Å²) in [6.07, 6.45) is 3.25. The molecule has 2 fully saturated rings. The van der Waals surface area contributed by atoms with E-state index in [1.807, 2.05) is 0 Å². The van der Waals surface area contributed by atoms with E-state index in [1.54, 1.807) is 19.9 Å². The summed E-state index contributed by atoms with van der Waals surface area (Å²) in [5.74, 6) is 0.986. The van der Waals surface area contributed by atoms with Crippen LogP contribution < -0.4 is 10.9 Å². The van der Waals surface area contributed by atoms with Crippen LogP contribution in [0, 0.1) is 6.92 Å². The SMILES string of the molecule is Cc1nn(CC(=O)NC2CC(C)(O)C2)c(=O)c2cc(C3CC3)oc12. The number of carbonyl (C=O) groups excluding carboxylic acids is 1. The fourth-order valence-electron chi connectivity index (χ4n) is 3.44. The van der Waals surface area contributed by atoms with E-state index < -0.39 is 5.60 Å². The van der Waals surface area contributed by atoms with Gasteiger partial charge in [-0.2, -0.15) is 5.10 Å². The van der Waals surface area contributed by atoms with Gasteiger partial charge >= 0.3 is 0 Å². The van der Waals surface area contributed by atoms with Crippen molar-refractivity contribution >= 4 is 16.9 Å². The highest BCUT2D eigenvalue weighted by Crippen LogP contribution is 2.42. The van der Waals surface area contributed by atoms with E-state index in [1.165, 1.54) is 4.68 Å². The smallest absolute Gasteiger partial charge is 0.278 e. The van der Waals surface area contributed by atoms with Crippen molar-refractivity contribution in [3.63, 3.8) is 0 Å². The van der Waals surface area contributed by atoms with E-state index in [0.717, 1.165) is 18.6 Å². The van der Waals surface area contributed by atoms with Gasteiger partial charge in [0.05, 0.1) is 11.0 Å². The largest absolute Gasteiger partial charge is 0.459 e. The Kier molecular flexibility index (Phi) is 3.32. The molecule has 0 unspecified atom stereocenters. The normalized spacial score (nSPS) is 26.4. The fraction of sp³-hybridized carbons (Fsp3) is 0.588. The Morgan fingerprint density at radius 2 is 2.21 bits per heavy atom. The van der Waals surface area contributed by atoms with Gasteiger partial charge in [0.15, 0.2) is 5.58 Å². The summed E-state index contributed by atoms with van der Waals surface area (Å²) in [4.78, 5) is 24.7. The summed E-state index contributed by atoms with van der Waals surface area (Å²) in [6, 6.07) is 1.75. The molecule has 7 nitrogen and oxygen atoms in total. The van der Waals surface area contributed by atoms with Crippen LogP contribution in [-0.4, -0.2) is 32.4 Å². The monoisotopic (exact) mass is 331 g/mol. The quantitative estimate of drug-likeness (QED) is 0.877. The molecule has 2 aliphatic rings. The van der Waals surface area contributed by atoms with E-state index in [4.69, 9.17) is 4.42 Å². The molecule has 24 heavy (non-hydrogen) atoms. The van der Waals surface area contributed by atoms with Gasteiger partial charge in [-0.1, -0.05) is 0 Å². The van der Waals surface area contributed by atoms with Crippen molar-refractivity contribution in [1.29, 1.82) is 0 Å². The van der Waals surface area contributed by atoms with Crippen molar-refractivity contribution in [2.24, 2.45) is 0 Å². The summed E-state index contributed by atoms with van der Waals surface area (Å²) in [7, 11) is 0. The molecule has 2 N–H and O–H groups in total. The number of nitrogens with zero attached hydrogens (tertiary/aromatic N) is 2. The predicted octanol–water partition coefficient (Wildman–Crippen LogP) is 1.20. The number of furan rings is 1. The molecule has 2 aromatic heterocycles. The minimum absolute atomic E-state index is 0.0385. The van der Waals surface area contributed by atoms with Crippen LogP contribution in [0.5, 0.6) is 0 Å². The highest BCUT2D eigenvalue weighted by atomic mass is 16.3. The number of fused-ring (bicyclic) bond motifs is 1. The van der Waals surface area contributed by atoms with Crippen molar-refractivity contribution in [3.8, 4) is 0 Å². The van der Waals surface area contributed by atoms with Gasteiger partial charge in [0.2, 0.25) is 5.91 Å². The molecule has 128 valence electrons. The van der Waals surface area contributed by atoms with Crippen LogP contribution >= 0.6 is 0 Å². The molecule has 0 aromatic carbocycles. The molecule has 0 saturated heterocycles. The Morgan fingerprint density at radius 3 is 2.83 bits per heavy atom. The van der Waals surface area contributed by atoms with Crippen molar-refractivity contribution in [3.05, 3.63) is 27.9 Å². The molecular formula is C17H21N3O4. The average molecular weight is 331 g/mol. The molecule has 2 heterocycles. The van der Waals surface area contributed by atoms with Gasteiger partial charge in [-0.15, -0.1) is 0 Å². The molecule has 4 rings (SSSR count). The number of aromatic nitrogens is 2. The lowest BCUT2D eigenvalue weighted by atomic mass is 9.77. The Labute approximate surface area is 138 Å². The van der Waals surface area contributed by atoms with Crippen LogP contribution in [0.25, 0.3) is 11.0 Å². The highest BCUT2D eigenvalue weighted by molar-refractivity contribution is 5.80. The number of aryl methyl sites for hydroxylation is 1. The molecule has 7 heteroatoms. The third kappa shape index (κ3) is 2.73. The van der Waals surface area contributed by atoms with Crippen molar-refractivity contribution in [2.75, 3.05) is 0 Å². The zero-order chi connectivity index (χ0) is 17.1. The third-order valence-corrected chi connectivity index (χ3v) is 4.83. The molecule has 0 atom stereocenters. The van der Waals surface area contributed by atoms with Crippen molar-refractivity contribution in [2.45, 2.75) is 63.6 Å². The maximum Gasteiger partial charge on any atom is 0.278 e. The van der Waals surface area contributed by atoms with E-state index in [-0.39, 0.29) is 24.1 Å². The second kappa shape index (κ2) is 5.17. The van der Waals surface area contributed by atoms with Crippen LogP contribution in [0.4, 0.5) is 0 Å². The van der Waals surface area contributed by atoms with Gasteiger partial charge in [-0.25, -0.2) is 4.68 Å². The van der Waals surface area contributed by atoms with Gasteiger partial charge in [-0.05, 0) is 45.6 Å². The second-order valence-corrected chi connectivity index (χ2v) is 7.38. The number of hydrogen-bond donors (Lipinski definition) is 2. The van der Waals surface area contributed by atoms with Gasteiger partial charge in [0, 0.05) is 12.0 Å². The summed E-state index contributed by atoms with van der Waals surface area (Å²) in [5.41, 5.74) is 0.130. The maximum absolute atomic E-state index is 12.6. The van der Waals surface area contributed by atoms with Gasteiger partial charge < -0.3 is 14.8 Å². The summed E-state index contributed by atoms with van der Waals surface area (Å²) >= 11 is 0. The Morgan fingerprint density at radius 1 is 1.50 bits per heavy atom. The van der Waals surface area contributed by atoms with E-state index in [0.29, 0.717) is 35.4 Å². The van der Waals surface area contributed by atoms with E-state index in [2.05, 4.69) is 10.4 Å². The Bertz CT molecular complexity index is 868. The lowest BCUT2D eigenvalue weighted by Gasteiger charge is -2.41. The zero-order valence-electron chi connectivity index (χ0n) is 13.8. The first kappa shape index (κ1) is 15.4. The van der Waals surface area contributed by atoms with Crippen LogP contribution in [0.3, 0.4) is 0 Å². The number of hydrogen-bond acceptors (Lipinski definition) is 5. The lowest BCUT2D eigenvalue weighted by molar-refractivity contribution is -0.125. The first-order valence-corrected chi connectivity index (χ1v) is 8.35. The maximum atomic E-state index is 12.6. The first-order chi connectivity index (χ1) is 11.3. The Balaban J connectivity index is 1.54. The number of nitrogens with one attached hydrogen (secondary N) is 1. The minimum Gasteiger partial charge on any atom is -0.459 e. The topological polar surface area (TPSA) is 97.4 Å². The van der Waals surface area contributed by atoms with Gasteiger partial charge in [-0.3, -0.25) is 9.59 Å². The summed E-state index contributed by atoms with van der Waals surface area (Å²) < 4.78 is 6.96. The van der Waals surface area contributed by atoms with Crippen molar-refractivity contribution in [1.82, 2.24) is 15.1 Å². The van der Waals surface area contributed by atoms with E-state index >= 15 is 0 Å². The van der Waals surface area contributed by atoms with Crippen LogP contribution in [-0.2, 0) is 11.3 Å². The second-order valence-electron chi connectivity index (χ2n) is 7.38. The standard InChI is InChI=1S/C17H21N3O4/c1-9-15-12(5-13(24-15)10-3-4-10)16(22)20(19-9)8-14(21)18-11-6-17(2,23)7-11/h5,10-11,23H,3-4,6-8H2,1-2H3,(H,18,21). The van der Waals surface area contributed by atoms with Crippen LogP contribution in [0.15, 0.2) is 15.3 Å². The highest BCUT2D eigenvalue weighted by Gasteiger charge is 2.39. The molecule has 0 spiro atoms. The number of rotatable bonds is 4. The van der Waals surface area contributed by atoms with Crippen molar-refractivity contribution < 1.29 is 14.3 Å². The van der Waals surface area contributed by atoms with E-state index in [9.17, 15) is 14.7 Å². The minimum atomic E-state index is -0.696. The molecule has 0 radical (unpaired) electrons. The molecule has 1 amide bonds. The number of carbonyl (C=O) groups is 1. The molecule has 0 aliphatic heterocycles. The predicted molar refractivity (Wildman–Crippen MR) is 86.8 cm³/mol. The summed E-state index contributed by atoms with van der Waals surface area (Å²) in [5, 5.41) is 17.2. The molecule has 0 bridgehead atoms. The number of aliphatic hydroxyl groups is 1. The third-order valence-electron chi connectivity index (χ3n) is 4.83.